The minimum atomic E-state index is -0.405. The van der Waals surface area contributed by atoms with Crippen molar-refractivity contribution < 1.29 is 9.53 Å². The molecule has 8 nitrogen and oxygen atoms in total. The molecule has 4 aromatic heterocycles. The van der Waals surface area contributed by atoms with Crippen molar-refractivity contribution in [3.8, 4) is 33.9 Å². The number of ether oxygens (including phenoxy) is 1. The number of rotatable bonds is 5. The van der Waals surface area contributed by atoms with E-state index in [-0.39, 0.29) is 6.10 Å². The van der Waals surface area contributed by atoms with Crippen LogP contribution in [0, 0.1) is 6.92 Å². The Morgan fingerprint density at radius 3 is 2.69 bits per heavy atom. The third-order valence-corrected chi connectivity index (χ3v) is 6.28. The molecule has 6 rings (SSSR count). The second-order valence-corrected chi connectivity index (χ2v) is 8.85. The molecule has 36 heavy (non-hydrogen) atoms. The number of nitrogens with one attached hydrogen (secondary N) is 2. The molecule has 1 saturated heterocycles. The molecule has 1 aliphatic heterocycles. The number of aromatic amines is 1. The zero-order chi connectivity index (χ0) is 24.5. The number of hydrogen-bond donors (Lipinski definition) is 2. The summed E-state index contributed by atoms with van der Waals surface area (Å²) in [5.41, 5.74) is 7.07. The summed E-state index contributed by atoms with van der Waals surface area (Å²) in [6, 6.07) is 19.4. The van der Waals surface area contributed by atoms with Crippen LogP contribution in [0.25, 0.3) is 44.8 Å². The van der Waals surface area contributed by atoms with Gasteiger partial charge in [0.25, 0.3) is 0 Å². The monoisotopic (exact) mass is 476 g/mol. The van der Waals surface area contributed by atoms with Gasteiger partial charge in [0.15, 0.2) is 0 Å². The van der Waals surface area contributed by atoms with E-state index in [1.807, 2.05) is 55.5 Å². The van der Waals surface area contributed by atoms with Crippen molar-refractivity contribution in [2.45, 2.75) is 19.4 Å². The van der Waals surface area contributed by atoms with Gasteiger partial charge in [0.05, 0.1) is 34.6 Å². The Bertz CT molecular complexity index is 1570. The third-order valence-electron chi connectivity index (χ3n) is 6.28. The van der Waals surface area contributed by atoms with Gasteiger partial charge in [-0.3, -0.25) is 9.97 Å². The zero-order valence-corrected chi connectivity index (χ0v) is 19.7. The molecular weight excluding hydrogens is 452 g/mol. The summed E-state index contributed by atoms with van der Waals surface area (Å²) >= 11 is 0. The van der Waals surface area contributed by atoms with Gasteiger partial charge in [0.2, 0.25) is 0 Å². The molecule has 0 spiro atoms. The van der Waals surface area contributed by atoms with Crippen LogP contribution in [0.15, 0.2) is 73.2 Å². The van der Waals surface area contributed by atoms with Gasteiger partial charge in [-0.1, -0.05) is 18.2 Å². The Morgan fingerprint density at radius 2 is 1.83 bits per heavy atom. The molecule has 178 valence electrons. The van der Waals surface area contributed by atoms with E-state index in [2.05, 4.69) is 36.3 Å². The molecular formula is C28H24N6O2. The van der Waals surface area contributed by atoms with Gasteiger partial charge in [-0.05, 0) is 62.4 Å². The number of benzene rings is 1. The first-order valence-electron chi connectivity index (χ1n) is 11.9. The second-order valence-electron chi connectivity index (χ2n) is 8.85. The summed E-state index contributed by atoms with van der Waals surface area (Å²) in [7, 11) is 0. The molecule has 1 aliphatic rings. The predicted octanol–water partition coefficient (Wildman–Crippen LogP) is 4.58. The maximum atomic E-state index is 12.6. The molecule has 1 atom stereocenters. The summed E-state index contributed by atoms with van der Waals surface area (Å²) < 4.78 is 5.58. The van der Waals surface area contributed by atoms with Crippen molar-refractivity contribution in [3.05, 3.63) is 84.6 Å². The largest absolute Gasteiger partial charge is 0.456 e. The van der Waals surface area contributed by atoms with E-state index in [4.69, 9.17) is 4.74 Å². The highest BCUT2D eigenvalue weighted by molar-refractivity contribution is 5.90. The van der Waals surface area contributed by atoms with Gasteiger partial charge in [0.1, 0.15) is 11.8 Å². The lowest BCUT2D eigenvalue weighted by molar-refractivity contribution is 0.0337. The van der Waals surface area contributed by atoms with Crippen LogP contribution in [0.5, 0.6) is 0 Å². The van der Waals surface area contributed by atoms with E-state index in [1.54, 1.807) is 18.6 Å². The van der Waals surface area contributed by atoms with Crippen LogP contribution >= 0.6 is 0 Å². The predicted molar refractivity (Wildman–Crippen MR) is 137 cm³/mol. The normalized spacial score (nSPS) is 15.3. The quantitative estimate of drug-likeness (QED) is 0.358. The Kier molecular flexibility index (Phi) is 5.71. The van der Waals surface area contributed by atoms with E-state index in [0.29, 0.717) is 17.9 Å². The fourth-order valence-electron chi connectivity index (χ4n) is 4.46. The Hall–Kier alpha value is -4.43. The molecule has 0 bridgehead atoms. The van der Waals surface area contributed by atoms with Crippen molar-refractivity contribution >= 4 is 16.9 Å². The number of H-pyrrole nitrogens is 1. The zero-order valence-electron chi connectivity index (χ0n) is 19.7. The van der Waals surface area contributed by atoms with E-state index < -0.39 is 5.97 Å². The molecule has 0 unspecified atom stereocenters. The molecule has 0 amide bonds. The number of pyridine rings is 3. The van der Waals surface area contributed by atoms with Gasteiger partial charge in [-0.15, -0.1) is 0 Å². The summed E-state index contributed by atoms with van der Waals surface area (Å²) in [4.78, 5) is 34.2. The first kappa shape index (κ1) is 22.1. The van der Waals surface area contributed by atoms with Gasteiger partial charge in [-0.2, -0.15) is 0 Å². The highest BCUT2D eigenvalue weighted by Gasteiger charge is 2.21. The fourth-order valence-corrected chi connectivity index (χ4v) is 4.46. The maximum Gasteiger partial charge on any atom is 0.357 e. The van der Waals surface area contributed by atoms with E-state index in [1.165, 1.54) is 0 Å². The maximum absolute atomic E-state index is 12.6. The standard InChI is InChI=1S/C28H24N6O2/c1-17-4-2-6-24(33-17)27-26(31-16-32-27)18-8-9-22-19(12-18)13-20(14-30-22)23-5-3-7-25(34-23)28(35)36-21-10-11-29-15-21/h2-9,12-14,16,21,29H,10-11,15H2,1H3,(H,31,32)/t21-/m0/s1. The number of aryl methyl sites for hydroxylation is 1. The second kappa shape index (κ2) is 9.31. The topological polar surface area (TPSA) is 106 Å². The average Bonchev–Trinajstić information content (AvgIpc) is 3.61. The van der Waals surface area contributed by atoms with E-state index in [9.17, 15) is 4.79 Å². The number of hydrogen-bond acceptors (Lipinski definition) is 7. The third kappa shape index (κ3) is 4.34. The average molecular weight is 477 g/mol. The molecule has 5 heterocycles. The lowest BCUT2D eigenvalue weighted by Crippen LogP contribution is -2.21. The lowest BCUT2D eigenvalue weighted by Gasteiger charge is -2.11. The van der Waals surface area contributed by atoms with Crippen LogP contribution in [-0.4, -0.2) is 50.1 Å². The smallest absolute Gasteiger partial charge is 0.357 e. The molecule has 0 saturated carbocycles. The van der Waals surface area contributed by atoms with Crippen LogP contribution in [0.3, 0.4) is 0 Å². The van der Waals surface area contributed by atoms with Gasteiger partial charge >= 0.3 is 5.97 Å². The summed E-state index contributed by atoms with van der Waals surface area (Å²) in [5, 5.41) is 4.14. The van der Waals surface area contributed by atoms with Crippen molar-refractivity contribution in [2.24, 2.45) is 0 Å². The van der Waals surface area contributed by atoms with Crippen LogP contribution in [0.1, 0.15) is 22.6 Å². The molecule has 5 aromatic rings. The Labute approximate surface area is 207 Å². The van der Waals surface area contributed by atoms with E-state index in [0.717, 1.165) is 57.8 Å². The number of carbonyl (C=O) groups is 1. The van der Waals surface area contributed by atoms with Gasteiger partial charge < -0.3 is 15.0 Å². The van der Waals surface area contributed by atoms with Crippen LogP contribution in [-0.2, 0) is 4.74 Å². The first-order valence-corrected chi connectivity index (χ1v) is 11.9. The SMILES string of the molecule is Cc1cccc(-c2[nH]cnc2-c2ccc3ncc(-c4cccc(C(=O)O[C@H]5CCNC5)n4)cc3c2)n1. The molecule has 1 aromatic carbocycles. The molecule has 8 heteroatoms. The highest BCUT2D eigenvalue weighted by atomic mass is 16.5. The van der Waals surface area contributed by atoms with Crippen molar-refractivity contribution in [3.63, 3.8) is 0 Å². The number of esters is 1. The number of imidazole rings is 1. The summed E-state index contributed by atoms with van der Waals surface area (Å²) in [6.45, 7) is 3.51. The molecule has 0 aliphatic carbocycles. The fraction of sp³-hybridized carbons (Fsp3) is 0.179. The van der Waals surface area contributed by atoms with Crippen molar-refractivity contribution in [2.75, 3.05) is 13.1 Å². The highest BCUT2D eigenvalue weighted by Crippen LogP contribution is 2.31. The van der Waals surface area contributed by atoms with Crippen LogP contribution < -0.4 is 5.32 Å². The first-order chi connectivity index (χ1) is 17.6. The number of carbonyl (C=O) groups excluding carboxylic acids is 1. The summed E-state index contributed by atoms with van der Waals surface area (Å²) in [6.07, 6.45) is 4.17. The minimum Gasteiger partial charge on any atom is -0.456 e. The lowest BCUT2D eigenvalue weighted by atomic mass is 10.0. The molecule has 1 fully saturated rings. The summed E-state index contributed by atoms with van der Waals surface area (Å²) in [5.74, 6) is -0.405. The number of aromatic nitrogens is 5. The Morgan fingerprint density at radius 1 is 0.972 bits per heavy atom. The Balaban J connectivity index is 1.33. The number of fused-ring (bicyclic) bond motifs is 1. The minimum absolute atomic E-state index is 0.106. The van der Waals surface area contributed by atoms with Gasteiger partial charge in [-0.25, -0.2) is 14.8 Å². The van der Waals surface area contributed by atoms with Crippen LogP contribution in [0.4, 0.5) is 0 Å². The van der Waals surface area contributed by atoms with Gasteiger partial charge in [0, 0.05) is 34.9 Å². The van der Waals surface area contributed by atoms with Crippen molar-refractivity contribution in [1.82, 2.24) is 30.2 Å². The van der Waals surface area contributed by atoms with Crippen LogP contribution in [0.2, 0.25) is 0 Å². The molecule has 0 radical (unpaired) electrons. The van der Waals surface area contributed by atoms with Crippen molar-refractivity contribution in [1.29, 1.82) is 0 Å². The molecule has 2 N–H and O–H groups in total. The number of nitrogens with zero attached hydrogens (tertiary/aromatic N) is 4. The van der Waals surface area contributed by atoms with E-state index >= 15 is 0 Å².